The second-order valence-electron chi connectivity index (χ2n) is 5.73. The predicted octanol–water partition coefficient (Wildman–Crippen LogP) is 4.06. The summed E-state index contributed by atoms with van der Waals surface area (Å²) in [6.45, 7) is 4.07. The monoisotopic (exact) mass is 255 g/mol. The molecule has 0 aliphatic heterocycles. The highest BCUT2D eigenvalue weighted by atomic mass is 16.1. The average Bonchev–Trinajstić information content (AvgIpc) is 2.87. The van der Waals surface area contributed by atoms with Gasteiger partial charge in [-0.2, -0.15) is 5.26 Å². The summed E-state index contributed by atoms with van der Waals surface area (Å²) in [6.07, 6.45) is 5.34. The van der Waals surface area contributed by atoms with E-state index in [1.165, 1.54) is 18.4 Å². The van der Waals surface area contributed by atoms with Crippen molar-refractivity contribution in [2.45, 2.75) is 51.9 Å². The van der Waals surface area contributed by atoms with E-state index in [2.05, 4.69) is 6.07 Å². The molecule has 1 aliphatic rings. The molecule has 2 heteroatoms. The van der Waals surface area contributed by atoms with E-state index in [-0.39, 0.29) is 5.78 Å². The zero-order valence-corrected chi connectivity index (χ0v) is 11.8. The lowest BCUT2D eigenvalue weighted by Gasteiger charge is -2.13. The molecule has 2 rings (SSSR count). The third-order valence-electron chi connectivity index (χ3n) is 4.28. The normalized spacial score (nSPS) is 17.1. The molecule has 0 heterocycles. The number of nitriles is 1. The van der Waals surface area contributed by atoms with Crippen LogP contribution in [0.1, 0.15) is 54.7 Å². The number of hydrogen-bond acceptors (Lipinski definition) is 2. The summed E-state index contributed by atoms with van der Waals surface area (Å²) in [5, 5.41) is 9.31. The Labute approximate surface area is 115 Å². The Kier molecular flexibility index (Phi) is 4.37. The van der Waals surface area contributed by atoms with E-state index in [1.54, 1.807) is 0 Å². The minimum absolute atomic E-state index is 0.0950. The molecule has 0 N–H and O–H groups in total. The van der Waals surface area contributed by atoms with Gasteiger partial charge < -0.3 is 0 Å². The van der Waals surface area contributed by atoms with E-state index in [0.717, 1.165) is 24.0 Å². The van der Waals surface area contributed by atoms with Gasteiger partial charge >= 0.3 is 0 Å². The van der Waals surface area contributed by atoms with Crippen LogP contribution in [-0.2, 0) is 4.79 Å². The lowest BCUT2D eigenvalue weighted by atomic mass is 9.88. The van der Waals surface area contributed by atoms with Gasteiger partial charge in [0.05, 0.1) is 6.07 Å². The molecule has 0 bridgehead atoms. The zero-order chi connectivity index (χ0) is 13.8. The third kappa shape index (κ3) is 3.23. The van der Waals surface area contributed by atoms with Crippen LogP contribution in [-0.4, -0.2) is 5.78 Å². The van der Waals surface area contributed by atoms with Gasteiger partial charge in [0.25, 0.3) is 0 Å². The first-order valence-corrected chi connectivity index (χ1v) is 7.11. The molecule has 1 unspecified atom stereocenters. The third-order valence-corrected chi connectivity index (χ3v) is 4.28. The topological polar surface area (TPSA) is 40.9 Å². The van der Waals surface area contributed by atoms with Gasteiger partial charge in [-0.05, 0) is 36.5 Å². The molecule has 0 spiro atoms. The molecule has 1 aromatic rings. The predicted molar refractivity (Wildman–Crippen MR) is 75.9 cm³/mol. The molecule has 2 nitrogen and oxygen atoms in total. The second kappa shape index (κ2) is 6.02. The Hall–Kier alpha value is -1.62. The summed E-state index contributed by atoms with van der Waals surface area (Å²) in [5.41, 5.74) is 3.20. The Bertz CT molecular complexity index is 506. The van der Waals surface area contributed by atoms with Gasteiger partial charge in [0, 0.05) is 6.42 Å². The molecule has 1 atom stereocenters. The van der Waals surface area contributed by atoms with Crippen LogP contribution in [0.2, 0.25) is 0 Å². The van der Waals surface area contributed by atoms with Crippen LogP contribution in [0.5, 0.6) is 0 Å². The van der Waals surface area contributed by atoms with Gasteiger partial charge in [-0.1, -0.05) is 43.9 Å². The molecule has 100 valence electrons. The first kappa shape index (κ1) is 13.8. The van der Waals surface area contributed by atoms with Crippen molar-refractivity contribution in [3.05, 3.63) is 34.9 Å². The summed E-state index contributed by atoms with van der Waals surface area (Å²) in [5.74, 6) is 0.0208. The van der Waals surface area contributed by atoms with E-state index in [0.29, 0.717) is 12.3 Å². The fourth-order valence-corrected chi connectivity index (χ4v) is 2.89. The van der Waals surface area contributed by atoms with Gasteiger partial charge in [-0.25, -0.2) is 0 Å². The van der Waals surface area contributed by atoms with Crippen molar-refractivity contribution in [2.24, 2.45) is 5.92 Å². The molecule has 1 fully saturated rings. The highest BCUT2D eigenvalue weighted by Gasteiger charge is 2.25. The summed E-state index contributed by atoms with van der Waals surface area (Å²) in [4.78, 5) is 12.3. The number of aryl methyl sites for hydroxylation is 2. The summed E-state index contributed by atoms with van der Waals surface area (Å²) >= 11 is 0. The summed E-state index contributed by atoms with van der Waals surface area (Å²) in [7, 11) is 0. The van der Waals surface area contributed by atoms with Crippen LogP contribution in [0, 0.1) is 31.1 Å². The van der Waals surface area contributed by atoms with Gasteiger partial charge in [0.2, 0.25) is 0 Å². The van der Waals surface area contributed by atoms with E-state index < -0.39 is 5.92 Å². The van der Waals surface area contributed by atoms with Crippen LogP contribution in [0.3, 0.4) is 0 Å². The number of rotatable bonds is 4. The molecule has 0 radical (unpaired) electrons. The maximum atomic E-state index is 12.3. The van der Waals surface area contributed by atoms with Crippen LogP contribution < -0.4 is 0 Å². The molecule has 1 aliphatic carbocycles. The second-order valence-corrected chi connectivity index (χ2v) is 5.73. The number of benzene rings is 1. The van der Waals surface area contributed by atoms with Crippen molar-refractivity contribution in [3.63, 3.8) is 0 Å². The lowest BCUT2D eigenvalue weighted by molar-refractivity contribution is -0.120. The summed E-state index contributed by atoms with van der Waals surface area (Å²) in [6, 6.07) is 8.09. The fourth-order valence-electron chi connectivity index (χ4n) is 2.89. The van der Waals surface area contributed by atoms with Crippen LogP contribution >= 0.6 is 0 Å². The average molecular weight is 255 g/mol. The number of carbonyl (C=O) groups excluding carboxylic acids is 1. The van der Waals surface area contributed by atoms with E-state index in [4.69, 9.17) is 0 Å². The molecular formula is C17H21NO. The highest BCUT2D eigenvalue weighted by Crippen LogP contribution is 2.30. The Morgan fingerprint density at radius 3 is 2.58 bits per heavy atom. The molecule has 19 heavy (non-hydrogen) atoms. The number of carbonyl (C=O) groups is 1. The first-order valence-electron chi connectivity index (χ1n) is 7.11. The Balaban J connectivity index is 2.12. The molecule has 1 aromatic carbocycles. The van der Waals surface area contributed by atoms with Gasteiger partial charge in [0.1, 0.15) is 5.92 Å². The first-order chi connectivity index (χ1) is 9.11. The molecule has 0 amide bonds. The minimum Gasteiger partial charge on any atom is -0.298 e. The number of nitrogens with zero attached hydrogens (tertiary/aromatic N) is 1. The summed E-state index contributed by atoms with van der Waals surface area (Å²) < 4.78 is 0. The Morgan fingerprint density at radius 1 is 1.32 bits per heavy atom. The maximum absolute atomic E-state index is 12.3. The molecular weight excluding hydrogens is 234 g/mol. The van der Waals surface area contributed by atoms with Crippen LogP contribution in [0.4, 0.5) is 0 Å². The lowest BCUT2D eigenvalue weighted by Crippen LogP contribution is -2.14. The number of hydrogen-bond donors (Lipinski definition) is 0. The molecule has 0 saturated heterocycles. The van der Waals surface area contributed by atoms with Crippen LogP contribution in [0.25, 0.3) is 0 Å². The van der Waals surface area contributed by atoms with Crippen LogP contribution in [0.15, 0.2) is 18.2 Å². The maximum Gasteiger partial charge on any atom is 0.154 e. The molecule has 0 aromatic heterocycles. The largest absolute Gasteiger partial charge is 0.298 e. The van der Waals surface area contributed by atoms with E-state index in [9.17, 15) is 10.1 Å². The Morgan fingerprint density at radius 2 is 2.00 bits per heavy atom. The van der Waals surface area contributed by atoms with Crippen molar-refractivity contribution in [1.29, 1.82) is 5.26 Å². The molecule has 1 saturated carbocycles. The fraction of sp³-hybridized carbons (Fsp3) is 0.529. The van der Waals surface area contributed by atoms with Crippen molar-refractivity contribution >= 4 is 5.78 Å². The number of ketones is 1. The number of Topliss-reactive ketones (excluding diaryl/α,β-unsaturated/α-hetero) is 1. The van der Waals surface area contributed by atoms with Crippen molar-refractivity contribution in [2.75, 3.05) is 0 Å². The van der Waals surface area contributed by atoms with E-state index in [1.807, 2.05) is 32.0 Å². The highest BCUT2D eigenvalue weighted by molar-refractivity contribution is 5.88. The SMILES string of the molecule is Cc1ccc(C(C#N)C(=O)CC2CCCC2)cc1C. The van der Waals surface area contributed by atoms with Gasteiger partial charge in [-0.15, -0.1) is 0 Å². The van der Waals surface area contributed by atoms with Gasteiger partial charge in [-0.3, -0.25) is 4.79 Å². The van der Waals surface area contributed by atoms with Crippen molar-refractivity contribution in [3.8, 4) is 6.07 Å². The standard InChI is InChI=1S/C17H21NO/c1-12-7-8-15(9-13(12)2)16(11-18)17(19)10-14-5-3-4-6-14/h7-9,14,16H,3-6,10H2,1-2H3. The van der Waals surface area contributed by atoms with E-state index >= 15 is 0 Å². The smallest absolute Gasteiger partial charge is 0.154 e. The van der Waals surface area contributed by atoms with Crippen molar-refractivity contribution < 1.29 is 4.79 Å². The van der Waals surface area contributed by atoms with Crippen molar-refractivity contribution in [1.82, 2.24) is 0 Å². The zero-order valence-electron chi connectivity index (χ0n) is 11.8. The van der Waals surface area contributed by atoms with Gasteiger partial charge in [0.15, 0.2) is 5.78 Å². The minimum atomic E-state index is -0.583. The quantitative estimate of drug-likeness (QED) is 0.814.